The summed E-state index contributed by atoms with van der Waals surface area (Å²) in [6, 6.07) is 4.30. The molecule has 0 saturated carbocycles. The largest absolute Gasteiger partial charge is 0.496 e. The van der Waals surface area contributed by atoms with Crippen LogP contribution in [-0.4, -0.2) is 73.7 Å². The van der Waals surface area contributed by atoms with Gasteiger partial charge < -0.3 is 20.1 Å². The maximum atomic E-state index is 14.1. The number of carbonyl (C=O) groups excluding carboxylic acids is 2. The van der Waals surface area contributed by atoms with E-state index in [-0.39, 0.29) is 17.9 Å². The third-order valence-electron chi connectivity index (χ3n) is 5.04. The van der Waals surface area contributed by atoms with E-state index in [1.807, 2.05) is 4.90 Å². The van der Waals surface area contributed by atoms with Crippen molar-refractivity contribution < 1.29 is 23.5 Å². The van der Waals surface area contributed by atoms with Crippen LogP contribution in [0.25, 0.3) is 0 Å². The van der Waals surface area contributed by atoms with Crippen molar-refractivity contribution in [1.82, 2.24) is 9.80 Å². The first-order chi connectivity index (χ1) is 12.0. The van der Waals surface area contributed by atoms with Gasteiger partial charge in [-0.15, -0.1) is 0 Å². The molecule has 0 radical (unpaired) electrons. The lowest BCUT2D eigenvalue weighted by Crippen LogP contribution is -2.63. The Morgan fingerprint density at radius 1 is 1.28 bits per heavy atom. The van der Waals surface area contributed by atoms with Crippen LogP contribution < -0.4 is 10.5 Å². The molecular formula is C17H22FN3O4. The number of ether oxygens (including phenoxy) is 2. The van der Waals surface area contributed by atoms with Crippen LogP contribution in [0.2, 0.25) is 0 Å². The Morgan fingerprint density at radius 3 is 2.56 bits per heavy atom. The minimum absolute atomic E-state index is 0.0627. The number of nitrogens with zero attached hydrogens (tertiary/aromatic N) is 2. The highest BCUT2D eigenvalue weighted by atomic mass is 19.1. The van der Waals surface area contributed by atoms with Gasteiger partial charge in [-0.1, -0.05) is 6.07 Å². The van der Waals surface area contributed by atoms with Crippen molar-refractivity contribution >= 4 is 11.8 Å². The predicted octanol–water partition coefficient (Wildman–Crippen LogP) is 0.237. The second-order valence-electron chi connectivity index (χ2n) is 6.29. The molecule has 2 saturated heterocycles. The molecule has 0 spiro atoms. The lowest BCUT2D eigenvalue weighted by molar-refractivity contribution is -0.131. The summed E-state index contributed by atoms with van der Waals surface area (Å²) in [4.78, 5) is 28.2. The molecule has 1 aromatic carbocycles. The standard InChI is InChI=1S/C17H22FN3O4/c1-24-13-4-2-3-12(18)14(13)15(22)20-6-8-21(9-7-20)17(16(19)23)5-10-25-11-17/h2-4H,5-11H2,1H3,(H2,19,23). The molecule has 2 amide bonds. The van der Waals surface area contributed by atoms with Crippen molar-refractivity contribution in [1.29, 1.82) is 0 Å². The highest BCUT2D eigenvalue weighted by Crippen LogP contribution is 2.28. The molecule has 2 fully saturated rings. The fourth-order valence-electron chi connectivity index (χ4n) is 3.53. The van der Waals surface area contributed by atoms with Crippen molar-refractivity contribution in [2.45, 2.75) is 12.0 Å². The van der Waals surface area contributed by atoms with Gasteiger partial charge in [-0.25, -0.2) is 4.39 Å². The summed E-state index contributed by atoms with van der Waals surface area (Å²) < 4.78 is 24.6. The van der Waals surface area contributed by atoms with Gasteiger partial charge in [-0.3, -0.25) is 14.5 Å². The van der Waals surface area contributed by atoms with Crippen molar-refractivity contribution in [2.75, 3.05) is 46.5 Å². The normalized spacial score (nSPS) is 24.3. The zero-order valence-electron chi connectivity index (χ0n) is 14.2. The Balaban J connectivity index is 1.73. The molecule has 2 aliphatic heterocycles. The molecule has 1 aromatic rings. The first kappa shape index (κ1) is 17.6. The summed E-state index contributed by atoms with van der Waals surface area (Å²) >= 11 is 0. The molecule has 2 heterocycles. The first-order valence-electron chi connectivity index (χ1n) is 8.24. The van der Waals surface area contributed by atoms with Gasteiger partial charge in [0.25, 0.3) is 5.91 Å². The molecule has 1 unspecified atom stereocenters. The summed E-state index contributed by atoms with van der Waals surface area (Å²) in [5.41, 5.74) is 4.74. The second kappa shape index (κ2) is 6.97. The number of primary amides is 1. The van der Waals surface area contributed by atoms with Crippen LogP contribution >= 0.6 is 0 Å². The fraction of sp³-hybridized carbons (Fsp3) is 0.529. The number of amides is 2. The second-order valence-corrected chi connectivity index (χ2v) is 6.29. The van der Waals surface area contributed by atoms with Gasteiger partial charge in [0, 0.05) is 39.2 Å². The van der Waals surface area contributed by atoms with Gasteiger partial charge in [0.2, 0.25) is 5.91 Å². The molecule has 3 rings (SSSR count). The summed E-state index contributed by atoms with van der Waals surface area (Å²) in [5.74, 6) is -1.21. The molecule has 25 heavy (non-hydrogen) atoms. The maximum absolute atomic E-state index is 14.1. The molecular weight excluding hydrogens is 329 g/mol. The van der Waals surface area contributed by atoms with E-state index in [1.165, 1.54) is 19.2 Å². The van der Waals surface area contributed by atoms with Crippen LogP contribution in [0.4, 0.5) is 4.39 Å². The lowest BCUT2D eigenvalue weighted by atomic mass is 9.94. The quantitative estimate of drug-likeness (QED) is 0.840. The monoisotopic (exact) mass is 351 g/mol. The van der Waals surface area contributed by atoms with E-state index < -0.39 is 23.2 Å². The topological polar surface area (TPSA) is 85.1 Å². The molecule has 8 heteroatoms. The van der Waals surface area contributed by atoms with E-state index in [9.17, 15) is 14.0 Å². The Kier molecular flexibility index (Phi) is 4.91. The third kappa shape index (κ3) is 3.07. The molecule has 1 atom stereocenters. The van der Waals surface area contributed by atoms with Gasteiger partial charge in [0.15, 0.2) is 0 Å². The van der Waals surface area contributed by atoms with Crippen molar-refractivity contribution in [3.8, 4) is 5.75 Å². The minimum atomic E-state index is -0.801. The number of methoxy groups -OCH3 is 1. The summed E-state index contributed by atoms with van der Waals surface area (Å²) in [5, 5.41) is 0. The number of rotatable bonds is 4. The highest BCUT2D eigenvalue weighted by Gasteiger charge is 2.47. The van der Waals surface area contributed by atoms with Crippen LogP contribution in [0.1, 0.15) is 16.8 Å². The van der Waals surface area contributed by atoms with Gasteiger partial charge in [0.05, 0.1) is 13.7 Å². The van der Waals surface area contributed by atoms with Gasteiger partial charge >= 0.3 is 0 Å². The van der Waals surface area contributed by atoms with Crippen LogP contribution in [0, 0.1) is 5.82 Å². The molecule has 2 N–H and O–H groups in total. The van der Waals surface area contributed by atoms with Crippen molar-refractivity contribution in [2.24, 2.45) is 5.73 Å². The summed E-state index contributed by atoms with van der Waals surface area (Å²) in [6.07, 6.45) is 0.553. The van der Waals surface area contributed by atoms with E-state index >= 15 is 0 Å². The van der Waals surface area contributed by atoms with Crippen molar-refractivity contribution in [3.63, 3.8) is 0 Å². The van der Waals surface area contributed by atoms with Gasteiger partial charge in [0.1, 0.15) is 22.7 Å². The number of hydrogen-bond acceptors (Lipinski definition) is 5. The zero-order valence-corrected chi connectivity index (χ0v) is 14.2. The third-order valence-corrected chi connectivity index (χ3v) is 5.04. The first-order valence-corrected chi connectivity index (χ1v) is 8.24. The smallest absolute Gasteiger partial charge is 0.260 e. The van der Waals surface area contributed by atoms with E-state index in [0.29, 0.717) is 39.2 Å². The number of nitrogens with two attached hydrogens (primary N) is 1. The number of benzene rings is 1. The van der Waals surface area contributed by atoms with E-state index in [1.54, 1.807) is 11.0 Å². The maximum Gasteiger partial charge on any atom is 0.260 e. The average Bonchev–Trinajstić information content (AvgIpc) is 3.12. The molecule has 0 bridgehead atoms. The summed E-state index contributed by atoms with van der Waals surface area (Å²) in [6.45, 7) is 2.49. The van der Waals surface area contributed by atoms with E-state index in [2.05, 4.69) is 0 Å². The Hall–Kier alpha value is -2.19. The van der Waals surface area contributed by atoms with Crippen LogP contribution in [0.5, 0.6) is 5.75 Å². The predicted molar refractivity (Wildman–Crippen MR) is 87.8 cm³/mol. The van der Waals surface area contributed by atoms with E-state index in [0.717, 1.165) is 0 Å². The average molecular weight is 351 g/mol. The number of carbonyl (C=O) groups is 2. The number of halogens is 1. The zero-order chi connectivity index (χ0) is 18.0. The van der Waals surface area contributed by atoms with Crippen molar-refractivity contribution in [3.05, 3.63) is 29.6 Å². The number of piperazine rings is 1. The molecule has 2 aliphatic rings. The molecule has 0 aliphatic carbocycles. The minimum Gasteiger partial charge on any atom is -0.496 e. The number of hydrogen-bond donors (Lipinski definition) is 1. The van der Waals surface area contributed by atoms with Crippen LogP contribution in [-0.2, 0) is 9.53 Å². The Bertz CT molecular complexity index is 668. The van der Waals surface area contributed by atoms with Gasteiger partial charge in [-0.2, -0.15) is 0 Å². The van der Waals surface area contributed by atoms with Crippen LogP contribution in [0.3, 0.4) is 0 Å². The summed E-state index contributed by atoms with van der Waals surface area (Å²) in [7, 11) is 1.40. The fourth-order valence-corrected chi connectivity index (χ4v) is 3.53. The lowest BCUT2D eigenvalue weighted by Gasteiger charge is -2.43. The van der Waals surface area contributed by atoms with Crippen LogP contribution in [0.15, 0.2) is 18.2 Å². The SMILES string of the molecule is COc1cccc(F)c1C(=O)N1CCN(C2(C(N)=O)CCOC2)CC1. The molecule has 7 nitrogen and oxygen atoms in total. The molecule has 136 valence electrons. The van der Waals surface area contributed by atoms with E-state index in [4.69, 9.17) is 15.2 Å². The highest BCUT2D eigenvalue weighted by molar-refractivity contribution is 5.97. The Labute approximate surface area is 145 Å². The molecule has 0 aromatic heterocycles. The van der Waals surface area contributed by atoms with Gasteiger partial charge in [-0.05, 0) is 12.1 Å². The Morgan fingerprint density at radius 2 is 2.00 bits per heavy atom.